The molecule has 0 amide bonds. The Kier molecular flexibility index (Phi) is 8.03. The summed E-state index contributed by atoms with van der Waals surface area (Å²) in [6.45, 7) is 2.12. The van der Waals surface area contributed by atoms with Crippen LogP contribution in [0.5, 0.6) is 0 Å². The van der Waals surface area contributed by atoms with Gasteiger partial charge in [-0.2, -0.15) is 0 Å². The van der Waals surface area contributed by atoms with E-state index in [9.17, 15) is 0 Å². The van der Waals surface area contributed by atoms with Crippen molar-refractivity contribution in [3.8, 4) is 45.3 Å². The number of furan rings is 1. The maximum Gasteiger partial charge on any atom is 0.164 e. The average molecular weight is 668 g/mol. The summed E-state index contributed by atoms with van der Waals surface area (Å²) in [6.07, 6.45) is 8.36. The molecule has 0 fully saturated rings. The SMILES string of the molecule is Cc1ccccc1/C=C\C=C\c1ccc2c(c1)oc1cccc(-c3nc(-c4ccccc4)nc(-c4ccc(-c5cccc6ccccc56)cc4)n3)c12. The second-order valence-corrected chi connectivity index (χ2v) is 12.9. The molecule has 9 aromatic rings. The van der Waals surface area contributed by atoms with Crippen molar-refractivity contribution in [2.75, 3.05) is 0 Å². The van der Waals surface area contributed by atoms with Crippen LogP contribution in [0.1, 0.15) is 16.7 Å². The molecule has 0 radical (unpaired) electrons. The third-order valence-corrected chi connectivity index (χ3v) is 9.54. The molecule has 7 aromatic carbocycles. The fourth-order valence-corrected chi connectivity index (χ4v) is 6.85. The first-order valence-corrected chi connectivity index (χ1v) is 17.4. The molecule has 2 heterocycles. The van der Waals surface area contributed by atoms with Crippen LogP contribution in [0.25, 0.3) is 90.2 Å². The Morgan fingerprint density at radius 1 is 0.462 bits per heavy atom. The van der Waals surface area contributed by atoms with Crippen molar-refractivity contribution in [2.24, 2.45) is 0 Å². The topological polar surface area (TPSA) is 51.8 Å². The van der Waals surface area contributed by atoms with Crippen LogP contribution in [0.15, 0.2) is 174 Å². The summed E-state index contributed by atoms with van der Waals surface area (Å²) in [5, 5.41) is 4.44. The van der Waals surface area contributed by atoms with Crippen LogP contribution in [0.3, 0.4) is 0 Å². The van der Waals surface area contributed by atoms with Gasteiger partial charge in [0.2, 0.25) is 0 Å². The number of nitrogens with zero attached hydrogens (tertiary/aromatic N) is 3. The summed E-state index contributed by atoms with van der Waals surface area (Å²) in [6, 6.07) is 54.3. The van der Waals surface area contributed by atoms with Crippen LogP contribution < -0.4 is 0 Å². The first-order valence-electron chi connectivity index (χ1n) is 17.4. The van der Waals surface area contributed by atoms with Crippen molar-refractivity contribution in [3.05, 3.63) is 187 Å². The van der Waals surface area contributed by atoms with E-state index >= 15 is 0 Å². The zero-order valence-corrected chi connectivity index (χ0v) is 28.6. The summed E-state index contributed by atoms with van der Waals surface area (Å²) >= 11 is 0. The lowest BCUT2D eigenvalue weighted by molar-refractivity contribution is 0.669. The predicted octanol–water partition coefficient (Wildman–Crippen LogP) is 12.6. The van der Waals surface area contributed by atoms with E-state index in [0.717, 1.165) is 49.8 Å². The van der Waals surface area contributed by atoms with Gasteiger partial charge in [-0.3, -0.25) is 0 Å². The van der Waals surface area contributed by atoms with E-state index in [1.54, 1.807) is 0 Å². The summed E-state index contributed by atoms with van der Waals surface area (Å²) in [5.74, 6) is 1.83. The van der Waals surface area contributed by atoms with Crippen molar-refractivity contribution in [3.63, 3.8) is 0 Å². The van der Waals surface area contributed by atoms with Gasteiger partial charge in [-0.15, -0.1) is 0 Å². The largest absolute Gasteiger partial charge is 0.456 e. The van der Waals surface area contributed by atoms with Crippen molar-refractivity contribution in [1.82, 2.24) is 15.0 Å². The highest BCUT2D eigenvalue weighted by Crippen LogP contribution is 2.37. The highest BCUT2D eigenvalue weighted by atomic mass is 16.3. The molecule has 2 aromatic heterocycles. The van der Waals surface area contributed by atoms with Crippen molar-refractivity contribution < 1.29 is 4.42 Å². The molecule has 0 aliphatic carbocycles. The highest BCUT2D eigenvalue weighted by molar-refractivity contribution is 6.12. The number of hydrogen-bond donors (Lipinski definition) is 0. The Balaban J connectivity index is 1.11. The van der Waals surface area contributed by atoms with E-state index in [4.69, 9.17) is 19.4 Å². The Labute approximate surface area is 302 Å². The van der Waals surface area contributed by atoms with Gasteiger partial charge >= 0.3 is 0 Å². The first kappa shape index (κ1) is 31.1. The Hall–Kier alpha value is -6.91. The number of hydrogen-bond acceptors (Lipinski definition) is 4. The molecule has 4 nitrogen and oxygen atoms in total. The quantitative estimate of drug-likeness (QED) is 0.159. The van der Waals surface area contributed by atoms with E-state index in [-0.39, 0.29) is 0 Å². The molecule has 9 rings (SSSR count). The molecule has 0 atom stereocenters. The Morgan fingerprint density at radius 3 is 1.96 bits per heavy atom. The van der Waals surface area contributed by atoms with Crippen molar-refractivity contribution >= 4 is 44.9 Å². The summed E-state index contributed by atoms with van der Waals surface area (Å²) in [4.78, 5) is 15.1. The normalized spacial score (nSPS) is 11.8. The Morgan fingerprint density at radius 2 is 1.12 bits per heavy atom. The van der Waals surface area contributed by atoms with Crippen LogP contribution in [0.2, 0.25) is 0 Å². The third kappa shape index (κ3) is 5.97. The zero-order valence-electron chi connectivity index (χ0n) is 28.6. The molecule has 0 bridgehead atoms. The molecule has 0 aliphatic rings. The molecule has 0 saturated heterocycles. The van der Waals surface area contributed by atoms with Gasteiger partial charge in [0, 0.05) is 27.5 Å². The van der Waals surface area contributed by atoms with Crippen molar-refractivity contribution in [1.29, 1.82) is 0 Å². The monoisotopic (exact) mass is 667 g/mol. The lowest BCUT2D eigenvalue weighted by atomic mass is 9.97. The lowest BCUT2D eigenvalue weighted by Crippen LogP contribution is -2.00. The summed E-state index contributed by atoms with van der Waals surface area (Å²) in [5.41, 5.74) is 10.2. The molecule has 246 valence electrons. The summed E-state index contributed by atoms with van der Waals surface area (Å²) < 4.78 is 6.44. The van der Waals surface area contributed by atoms with Crippen LogP contribution >= 0.6 is 0 Å². The number of allylic oxidation sites excluding steroid dienone is 2. The zero-order chi connectivity index (χ0) is 34.9. The molecule has 0 saturated carbocycles. The molecule has 0 aliphatic heterocycles. The molecular weight excluding hydrogens is 635 g/mol. The molecule has 0 spiro atoms. The first-order chi connectivity index (χ1) is 25.7. The molecular formula is C48H33N3O. The number of fused-ring (bicyclic) bond motifs is 4. The van der Waals surface area contributed by atoms with E-state index in [1.165, 1.54) is 27.5 Å². The van der Waals surface area contributed by atoms with E-state index in [0.29, 0.717) is 17.5 Å². The minimum atomic E-state index is 0.598. The van der Waals surface area contributed by atoms with Gasteiger partial charge in [-0.1, -0.05) is 164 Å². The van der Waals surface area contributed by atoms with Gasteiger partial charge in [0.25, 0.3) is 0 Å². The highest BCUT2D eigenvalue weighted by Gasteiger charge is 2.18. The van der Waals surface area contributed by atoms with Crippen LogP contribution in [-0.2, 0) is 0 Å². The van der Waals surface area contributed by atoms with Gasteiger partial charge in [-0.05, 0) is 63.7 Å². The predicted molar refractivity (Wildman–Crippen MR) is 216 cm³/mol. The number of aromatic nitrogens is 3. The molecule has 0 N–H and O–H groups in total. The average Bonchev–Trinajstić information content (AvgIpc) is 3.58. The third-order valence-electron chi connectivity index (χ3n) is 9.54. The second-order valence-electron chi connectivity index (χ2n) is 12.9. The van der Waals surface area contributed by atoms with Gasteiger partial charge < -0.3 is 4.42 Å². The van der Waals surface area contributed by atoms with Crippen LogP contribution in [0, 0.1) is 6.92 Å². The van der Waals surface area contributed by atoms with Gasteiger partial charge in [-0.25, -0.2) is 15.0 Å². The molecule has 0 unspecified atom stereocenters. The minimum Gasteiger partial charge on any atom is -0.456 e. The van der Waals surface area contributed by atoms with Gasteiger partial charge in [0.1, 0.15) is 11.2 Å². The van der Waals surface area contributed by atoms with Crippen molar-refractivity contribution in [2.45, 2.75) is 6.92 Å². The van der Waals surface area contributed by atoms with E-state index < -0.39 is 0 Å². The fraction of sp³-hybridized carbons (Fsp3) is 0.0208. The maximum absolute atomic E-state index is 6.44. The second kappa shape index (κ2) is 13.4. The number of aryl methyl sites for hydroxylation is 1. The minimum absolute atomic E-state index is 0.598. The van der Waals surface area contributed by atoms with E-state index in [2.05, 4.69) is 146 Å². The van der Waals surface area contributed by atoms with Crippen LogP contribution in [0.4, 0.5) is 0 Å². The van der Waals surface area contributed by atoms with E-state index in [1.807, 2.05) is 42.5 Å². The number of rotatable bonds is 7. The smallest absolute Gasteiger partial charge is 0.164 e. The Bertz CT molecular complexity index is 2790. The van der Waals surface area contributed by atoms with Crippen LogP contribution in [-0.4, -0.2) is 15.0 Å². The van der Waals surface area contributed by atoms with Gasteiger partial charge in [0.05, 0.1) is 0 Å². The lowest BCUT2D eigenvalue weighted by Gasteiger charge is -2.10. The standard InChI is InChI=1S/C48H33N3O/c1-32-13-5-7-15-34(32)16-8-6-14-33-25-30-41-44(31-33)52-43-24-12-23-42(45(41)43)48-50-46(37-18-3-2-4-19-37)49-47(51-48)38-28-26-36(27-29-38)40-22-11-20-35-17-9-10-21-39(35)40/h2-31H,1H3/b14-6+,16-8-. The number of benzene rings is 7. The summed E-state index contributed by atoms with van der Waals surface area (Å²) in [7, 11) is 0. The molecule has 52 heavy (non-hydrogen) atoms. The fourth-order valence-electron chi connectivity index (χ4n) is 6.85. The maximum atomic E-state index is 6.44. The molecule has 4 heteroatoms. The van der Waals surface area contributed by atoms with Gasteiger partial charge in [0.15, 0.2) is 17.5 Å².